The normalized spacial score (nSPS) is 10.9. The highest BCUT2D eigenvalue weighted by Crippen LogP contribution is 2.37. The van der Waals surface area contributed by atoms with Gasteiger partial charge in [-0.25, -0.2) is 5.26 Å². The molecule has 0 saturated carbocycles. The van der Waals surface area contributed by atoms with Crippen LogP contribution in [0.15, 0.2) is 83.8 Å². The van der Waals surface area contributed by atoms with E-state index in [2.05, 4.69) is 9.37 Å². The second-order valence-electron chi connectivity index (χ2n) is 6.42. The van der Waals surface area contributed by atoms with Crippen LogP contribution in [0, 0.1) is 0 Å². The quantitative estimate of drug-likeness (QED) is 0.129. The Morgan fingerprint density at radius 3 is 2.39 bits per heavy atom. The van der Waals surface area contributed by atoms with Crippen molar-refractivity contribution in [3.05, 3.63) is 100 Å². The minimum Gasteiger partial charge on any atom is -0.457 e. The molecule has 1 N–H and O–H groups in total. The van der Waals surface area contributed by atoms with Crippen molar-refractivity contribution >= 4 is 51.8 Å². The van der Waals surface area contributed by atoms with Gasteiger partial charge in [-0.1, -0.05) is 52.5 Å². The van der Waals surface area contributed by atoms with Gasteiger partial charge in [0.25, 0.3) is 0 Å². The van der Waals surface area contributed by atoms with Crippen LogP contribution in [-0.4, -0.2) is 11.0 Å². The van der Waals surface area contributed by atoms with Crippen molar-refractivity contribution in [1.29, 1.82) is 0 Å². The minimum absolute atomic E-state index is 0.232. The van der Waals surface area contributed by atoms with Crippen LogP contribution in [0.4, 0.5) is 0 Å². The number of rotatable bonds is 7. The zero-order chi connectivity index (χ0) is 21.8. The van der Waals surface area contributed by atoms with Crippen molar-refractivity contribution in [3.63, 3.8) is 0 Å². The first-order valence-corrected chi connectivity index (χ1v) is 10.5. The fourth-order valence-corrected chi connectivity index (χ4v) is 4.02. The molecular formula is C23H14Cl2O5S. The van der Waals surface area contributed by atoms with Crippen LogP contribution < -0.4 is 4.74 Å². The van der Waals surface area contributed by atoms with Crippen molar-refractivity contribution in [2.75, 3.05) is 0 Å². The molecule has 0 aliphatic carbocycles. The molecule has 0 saturated heterocycles. The van der Waals surface area contributed by atoms with Crippen LogP contribution in [0.2, 0.25) is 10.0 Å². The molecule has 8 heteroatoms. The predicted molar refractivity (Wildman–Crippen MR) is 121 cm³/mol. The first-order valence-electron chi connectivity index (χ1n) is 9.01. The molecule has 4 rings (SSSR count). The lowest BCUT2D eigenvalue weighted by atomic mass is 10.0. The van der Waals surface area contributed by atoms with Gasteiger partial charge in [0, 0.05) is 21.5 Å². The van der Waals surface area contributed by atoms with Gasteiger partial charge in [0.05, 0.1) is 22.0 Å². The molecule has 0 radical (unpaired) electrons. The molecule has 4 aromatic rings. The minimum atomic E-state index is -0.232. The van der Waals surface area contributed by atoms with E-state index in [1.807, 2.05) is 36.4 Å². The maximum Gasteiger partial charge on any atom is 0.194 e. The Kier molecular flexibility index (Phi) is 6.77. The van der Waals surface area contributed by atoms with Crippen LogP contribution in [0.25, 0.3) is 10.8 Å². The van der Waals surface area contributed by atoms with E-state index < -0.39 is 0 Å². The van der Waals surface area contributed by atoms with Crippen LogP contribution >= 0.6 is 35.2 Å². The molecule has 31 heavy (non-hydrogen) atoms. The molecule has 156 valence electrons. The monoisotopic (exact) mass is 472 g/mol. The Hall–Kier alpha value is -2.58. The summed E-state index contributed by atoms with van der Waals surface area (Å²) in [5, 5.41) is 14.7. The average molecular weight is 473 g/mol. The third kappa shape index (κ3) is 4.85. The molecular weight excluding hydrogens is 459 g/mol. The summed E-state index contributed by atoms with van der Waals surface area (Å²) in [6, 6.07) is 22.7. The number of ether oxygens (including phenoxy) is 1. The van der Waals surface area contributed by atoms with Gasteiger partial charge < -0.3 is 4.74 Å². The van der Waals surface area contributed by atoms with Gasteiger partial charge in [0.1, 0.15) is 11.5 Å². The standard InChI is InChI=1S/C23H14Cl2O5S/c24-16-9-12-19(25)18(13-16)23(26)15-7-10-17(11-8-15)28-20-5-1-3-14-4-2-6-21(22(14)20)31-30-29-27/h1-13,27H. The Balaban J connectivity index is 1.62. The zero-order valence-electron chi connectivity index (χ0n) is 15.7. The van der Waals surface area contributed by atoms with Gasteiger partial charge in [-0.3, -0.25) is 4.79 Å². The molecule has 0 heterocycles. The lowest BCUT2D eigenvalue weighted by Crippen LogP contribution is -2.02. The summed E-state index contributed by atoms with van der Waals surface area (Å²) in [5.41, 5.74) is 0.795. The second-order valence-corrected chi connectivity index (χ2v) is 8.00. The van der Waals surface area contributed by atoms with Crippen LogP contribution in [0.1, 0.15) is 15.9 Å². The number of carbonyl (C=O) groups is 1. The highest BCUT2D eigenvalue weighted by Gasteiger charge is 2.15. The largest absolute Gasteiger partial charge is 0.457 e. The molecule has 0 fully saturated rings. The van der Waals surface area contributed by atoms with Gasteiger partial charge in [-0.15, -0.1) is 4.33 Å². The van der Waals surface area contributed by atoms with Gasteiger partial charge in [0.2, 0.25) is 0 Å². The number of carbonyl (C=O) groups excluding carboxylic acids is 1. The predicted octanol–water partition coefficient (Wildman–Crippen LogP) is 7.60. The Morgan fingerprint density at radius 1 is 0.903 bits per heavy atom. The number of benzene rings is 4. The van der Waals surface area contributed by atoms with Crippen molar-refractivity contribution < 1.29 is 24.2 Å². The van der Waals surface area contributed by atoms with Gasteiger partial charge in [-0.05, 0) is 60.0 Å². The maximum atomic E-state index is 12.8. The van der Waals surface area contributed by atoms with Gasteiger partial charge in [-0.2, -0.15) is 0 Å². The molecule has 0 amide bonds. The van der Waals surface area contributed by atoms with Crippen molar-refractivity contribution in [2.45, 2.75) is 4.90 Å². The number of ketones is 1. The van der Waals surface area contributed by atoms with E-state index in [4.69, 9.17) is 33.2 Å². The smallest absolute Gasteiger partial charge is 0.194 e. The number of fused-ring (bicyclic) bond motifs is 1. The molecule has 4 aromatic carbocycles. The van der Waals surface area contributed by atoms with Crippen LogP contribution in [-0.2, 0) is 9.37 Å². The molecule has 0 aliphatic rings. The molecule has 5 nitrogen and oxygen atoms in total. The Bertz CT molecular complexity index is 1240. The Morgan fingerprint density at radius 2 is 1.65 bits per heavy atom. The average Bonchev–Trinajstić information content (AvgIpc) is 2.79. The molecule has 0 aromatic heterocycles. The van der Waals surface area contributed by atoms with E-state index in [1.54, 1.807) is 42.5 Å². The number of hydrogen-bond acceptors (Lipinski definition) is 6. The van der Waals surface area contributed by atoms with Gasteiger partial charge >= 0.3 is 0 Å². The van der Waals surface area contributed by atoms with E-state index >= 15 is 0 Å². The fraction of sp³-hybridized carbons (Fsp3) is 0. The summed E-state index contributed by atoms with van der Waals surface area (Å²) in [5.74, 6) is 0.892. The summed E-state index contributed by atoms with van der Waals surface area (Å²) in [6.07, 6.45) is 0. The highest BCUT2D eigenvalue weighted by molar-refractivity contribution is 7.94. The summed E-state index contributed by atoms with van der Waals surface area (Å²) in [6.45, 7) is 0. The summed E-state index contributed by atoms with van der Waals surface area (Å²) in [4.78, 5) is 13.5. The molecule has 0 spiro atoms. The van der Waals surface area contributed by atoms with E-state index in [-0.39, 0.29) is 5.78 Å². The SMILES string of the molecule is O=C(c1ccc(Oc2cccc3cccc(SOOO)c23)cc1)c1cc(Cl)ccc1Cl. The third-order valence-corrected chi connectivity index (χ3v) is 5.71. The fourth-order valence-electron chi connectivity index (χ4n) is 3.11. The first kappa shape index (κ1) is 21.6. The topological polar surface area (TPSA) is 65.0 Å². The summed E-state index contributed by atoms with van der Waals surface area (Å²) in [7, 11) is 0. The molecule has 0 aliphatic heterocycles. The van der Waals surface area contributed by atoms with E-state index in [9.17, 15) is 4.79 Å². The van der Waals surface area contributed by atoms with E-state index in [0.29, 0.717) is 37.6 Å². The van der Waals surface area contributed by atoms with Crippen LogP contribution in [0.5, 0.6) is 11.5 Å². The van der Waals surface area contributed by atoms with E-state index in [0.717, 1.165) is 22.8 Å². The lowest BCUT2D eigenvalue weighted by molar-refractivity contribution is -0.432. The zero-order valence-corrected chi connectivity index (χ0v) is 18.1. The van der Waals surface area contributed by atoms with Crippen LogP contribution in [0.3, 0.4) is 0 Å². The first-order chi connectivity index (χ1) is 15.1. The number of hydrogen-bond donors (Lipinski definition) is 1. The summed E-state index contributed by atoms with van der Waals surface area (Å²) < 4.78 is 10.7. The lowest BCUT2D eigenvalue weighted by Gasteiger charge is -2.12. The maximum absolute atomic E-state index is 12.8. The molecule has 0 unspecified atom stereocenters. The van der Waals surface area contributed by atoms with Crippen molar-refractivity contribution in [2.24, 2.45) is 0 Å². The molecule has 0 bridgehead atoms. The van der Waals surface area contributed by atoms with Crippen molar-refractivity contribution in [1.82, 2.24) is 0 Å². The van der Waals surface area contributed by atoms with E-state index in [1.165, 1.54) is 0 Å². The van der Waals surface area contributed by atoms with Crippen molar-refractivity contribution in [3.8, 4) is 11.5 Å². The highest BCUT2D eigenvalue weighted by atomic mass is 35.5. The summed E-state index contributed by atoms with van der Waals surface area (Å²) >= 11 is 13.0. The van der Waals surface area contributed by atoms with Gasteiger partial charge in [0.15, 0.2) is 5.78 Å². The number of halogens is 2. The third-order valence-electron chi connectivity index (χ3n) is 4.50. The second kappa shape index (κ2) is 9.70. The molecule has 0 atom stereocenters. The Labute approximate surface area is 192 Å².